The number of methoxy groups -OCH3 is 1. The minimum atomic E-state index is -4.69. The van der Waals surface area contributed by atoms with Crippen LogP contribution in [0.25, 0.3) is 0 Å². The fraction of sp³-hybridized carbons (Fsp3) is 0.345. The number of carbonyl (C=O) groups excluding carboxylic acids is 3. The van der Waals surface area contributed by atoms with Crippen molar-refractivity contribution in [2.45, 2.75) is 19.1 Å². The number of rotatable bonds is 5. The standard InChI is InChI=1S/C26H25F3N6O4.C3H9N.BrH/c1-15-21(23(37)39-4)22(17-10-8-16(13-30)9-11-17)35(25(38)32-14-20(36)33(2)3)24(31)34(15)19-7-5-6-18(12-19)26(27,28)29;1-4(2)3;/h5-12,22,31H,14H2,1-4H3,(H,32,38);1-3H3;1H. The van der Waals surface area contributed by atoms with Gasteiger partial charge in [0.1, 0.15) is 6.04 Å². The van der Waals surface area contributed by atoms with E-state index in [0.717, 1.165) is 35.1 Å². The number of guanidine groups is 1. The van der Waals surface area contributed by atoms with Gasteiger partial charge in [-0.25, -0.2) is 9.59 Å². The molecule has 2 aromatic carbocycles. The molecule has 44 heavy (non-hydrogen) atoms. The second-order valence-electron chi connectivity index (χ2n) is 9.99. The molecule has 1 aliphatic rings. The maximum absolute atomic E-state index is 13.5. The number of nitrogens with zero attached hydrogens (tertiary/aromatic N) is 5. The first kappa shape index (κ1) is 37.6. The fourth-order valence-corrected chi connectivity index (χ4v) is 4.01. The number of hydrogen-bond donors (Lipinski definition) is 2. The Hall–Kier alpha value is -4.42. The SMILES string of the molecule is Br.CN(C)C.COC(=O)C1=C(C)N(c2cccc(C(F)(F)F)c2)C(=N)N(C(=O)NCC(=O)N(C)C)C1c1ccc(C#N)cc1. The van der Waals surface area contributed by atoms with E-state index < -0.39 is 48.2 Å². The Morgan fingerprint density at radius 3 is 2.11 bits per heavy atom. The Morgan fingerprint density at radius 2 is 1.64 bits per heavy atom. The molecule has 1 heterocycles. The number of urea groups is 1. The smallest absolute Gasteiger partial charge is 0.416 e. The summed E-state index contributed by atoms with van der Waals surface area (Å²) >= 11 is 0. The van der Waals surface area contributed by atoms with E-state index in [1.54, 1.807) is 0 Å². The molecule has 1 aliphatic heterocycles. The van der Waals surface area contributed by atoms with E-state index in [1.807, 2.05) is 32.1 Å². The van der Waals surface area contributed by atoms with Gasteiger partial charge in [-0.1, -0.05) is 18.2 Å². The highest BCUT2D eigenvalue weighted by molar-refractivity contribution is 8.93. The summed E-state index contributed by atoms with van der Waals surface area (Å²) in [7, 11) is 10.1. The van der Waals surface area contributed by atoms with Crippen molar-refractivity contribution < 1.29 is 32.3 Å². The van der Waals surface area contributed by atoms with E-state index in [0.29, 0.717) is 11.1 Å². The zero-order valence-corrected chi connectivity index (χ0v) is 27.0. The highest BCUT2D eigenvalue weighted by Crippen LogP contribution is 2.41. The van der Waals surface area contributed by atoms with E-state index in [2.05, 4.69) is 5.32 Å². The summed E-state index contributed by atoms with van der Waals surface area (Å²) in [4.78, 5) is 43.8. The fourth-order valence-electron chi connectivity index (χ4n) is 4.01. The third kappa shape index (κ3) is 9.04. The van der Waals surface area contributed by atoms with Crippen LogP contribution in [0.4, 0.5) is 23.7 Å². The molecule has 0 fully saturated rings. The molecule has 11 nitrogen and oxygen atoms in total. The van der Waals surface area contributed by atoms with E-state index in [-0.39, 0.29) is 33.9 Å². The minimum Gasteiger partial charge on any atom is -0.466 e. The molecule has 0 aromatic heterocycles. The molecule has 15 heteroatoms. The van der Waals surface area contributed by atoms with Crippen LogP contribution in [0.2, 0.25) is 0 Å². The second-order valence-corrected chi connectivity index (χ2v) is 9.99. The van der Waals surface area contributed by atoms with Gasteiger partial charge in [0.25, 0.3) is 0 Å². The number of allylic oxidation sites excluding steroid dienone is 1. The molecular formula is C29H35BrF3N7O4. The summed E-state index contributed by atoms with van der Waals surface area (Å²) in [5, 5.41) is 20.5. The van der Waals surface area contributed by atoms with Crippen molar-refractivity contribution in [3.63, 3.8) is 0 Å². The normalized spacial score (nSPS) is 14.6. The lowest BCUT2D eigenvalue weighted by molar-refractivity contribution is -0.138. The van der Waals surface area contributed by atoms with Gasteiger partial charge in [0.2, 0.25) is 11.9 Å². The maximum Gasteiger partial charge on any atom is 0.416 e. The van der Waals surface area contributed by atoms with E-state index in [9.17, 15) is 32.8 Å². The molecule has 0 saturated heterocycles. The van der Waals surface area contributed by atoms with Crippen LogP contribution in [0.5, 0.6) is 0 Å². The zero-order chi connectivity index (χ0) is 32.6. The minimum absolute atomic E-state index is 0. The molecule has 1 unspecified atom stereocenters. The number of nitrogens with one attached hydrogen (secondary N) is 2. The van der Waals surface area contributed by atoms with Crippen LogP contribution in [0.1, 0.15) is 29.7 Å². The Balaban J connectivity index is 0.00000182. The maximum atomic E-state index is 13.5. The van der Waals surface area contributed by atoms with Crippen LogP contribution in [0, 0.1) is 16.7 Å². The number of anilines is 1. The van der Waals surface area contributed by atoms with E-state index >= 15 is 0 Å². The number of carbonyl (C=O) groups is 3. The lowest BCUT2D eigenvalue weighted by Crippen LogP contribution is -2.57. The highest BCUT2D eigenvalue weighted by Gasteiger charge is 2.44. The number of alkyl halides is 3. The van der Waals surface area contributed by atoms with Crippen molar-refractivity contribution in [3.05, 3.63) is 76.5 Å². The van der Waals surface area contributed by atoms with Gasteiger partial charge in [-0.05, 0) is 64.0 Å². The Kier molecular flexibility index (Phi) is 13.6. The molecule has 0 spiro atoms. The average molecular weight is 683 g/mol. The molecule has 0 aliphatic carbocycles. The van der Waals surface area contributed by atoms with Crippen LogP contribution in [0.15, 0.2) is 59.8 Å². The molecule has 3 amide bonds. The van der Waals surface area contributed by atoms with Crippen molar-refractivity contribution in [1.29, 1.82) is 10.7 Å². The molecular weight excluding hydrogens is 647 g/mol. The summed E-state index contributed by atoms with van der Waals surface area (Å²) in [6.07, 6.45) is -4.69. The number of hydrogen-bond acceptors (Lipinski definition) is 7. The summed E-state index contributed by atoms with van der Waals surface area (Å²) in [6.45, 7) is 0.970. The van der Waals surface area contributed by atoms with Gasteiger partial charge >= 0.3 is 18.2 Å². The first-order valence-electron chi connectivity index (χ1n) is 12.8. The van der Waals surface area contributed by atoms with Gasteiger partial charge in [0.15, 0.2) is 0 Å². The molecule has 2 aromatic rings. The zero-order valence-electron chi connectivity index (χ0n) is 25.3. The van der Waals surface area contributed by atoms with Crippen LogP contribution in [-0.2, 0) is 20.5 Å². The lowest BCUT2D eigenvalue weighted by atomic mass is 9.92. The molecule has 3 rings (SSSR count). The van der Waals surface area contributed by atoms with E-state index in [1.165, 1.54) is 56.3 Å². The number of likely N-dealkylation sites (N-methyl/N-ethyl adjacent to an activating group) is 1. The molecule has 238 valence electrons. The third-order valence-electron chi connectivity index (χ3n) is 6.00. The predicted octanol–water partition coefficient (Wildman–Crippen LogP) is 4.38. The van der Waals surface area contributed by atoms with Crippen LogP contribution >= 0.6 is 17.0 Å². The number of benzene rings is 2. The predicted molar refractivity (Wildman–Crippen MR) is 164 cm³/mol. The molecule has 2 N–H and O–H groups in total. The quantitative estimate of drug-likeness (QED) is 0.448. The van der Waals surface area contributed by atoms with Gasteiger partial charge in [0.05, 0.1) is 36.4 Å². The van der Waals surface area contributed by atoms with Gasteiger partial charge in [0, 0.05) is 25.5 Å². The van der Waals surface area contributed by atoms with Crippen molar-refractivity contribution in [2.75, 3.05) is 53.8 Å². The summed E-state index contributed by atoms with van der Waals surface area (Å²) < 4.78 is 45.4. The first-order chi connectivity index (χ1) is 20.0. The highest BCUT2D eigenvalue weighted by atomic mass is 79.9. The van der Waals surface area contributed by atoms with Gasteiger partial charge in [-0.3, -0.25) is 20.0 Å². The topological polar surface area (TPSA) is 133 Å². The first-order valence-corrected chi connectivity index (χ1v) is 12.8. The van der Waals surface area contributed by atoms with Crippen LogP contribution in [-0.4, -0.2) is 87.5 Å². The molecule has 0 radical (unpaired) electrons. The summed E-state index contributed by atoms with van der Waals surface area (Å²) in [5.74, 6) is -1.94. The Morgan fingerprint density at radius 1 is 1.07 bits per heavy atom. The van der Waals surface area contributed by atoms with Gasteiger partial charge < -0.3 is 19.9 Å². The number of esters is 1. The number of halogens is 4. The molecule has 0 saturated carbocycles. The van der Waals surface area contributed by atoms with E-state index in [4.69, 9.17) is 10.1 Å². The number of amides is 3. The number of ether oxygens (including phenoxy) is 1. The summed E-state index contributed by atoms with van der Waals surface area (Å²) in [5.41, 5.74) is -0.603. The van der Waals surface area contributed by atoms with Crippen molar-refractivity contribution in [2.24, 2.45) is 0 Å². The van der Waals surface area contributed by atoms with Crippen LogP contribution in [0.3, 0.4) is 0 Å². The second kappa shape index (κ2) is 15.9. The lowest BCUT2D eigenvalue weighted by Gasteiger charge is -2.43. The van der Waals surface area contributed by atoms with Crippen LogP contribution < -0.4 is 10.2 Å². The monoisotopic (exact) mass is 681 g/mol. The average Bonchev–Trinajstić information content (AvgIpc) is 2.94. The largest absolute Gasteiger partial charge is 0.466 e. The third-order valence-corrected chi connectivity index (χ3v) is 6.00. The Labute approximate surface area is 264 Å². The van der Waals surface area contributed by atoms with Crippen molar-refractivity contribution in [1.82, 2.24) is 20.0 Å². The Bertz CT molecular complexity index is 1430. The summed E-state index contributed by atoms with van der Waals surface area (Å²) in [6, 6.07) is 9.69. The van der Waals surface area contributed by atoms with Crippen molar-refractivity contribution >= 4 is 46.5 Å². The van der Waals surface area contributed by atoms with Gasteiger partial charge in [-0.15, -0.1) is 17.0 Å². The molecule has 1 atom stereocenters. The molecule has 0 bridgehead atoms. The number of nitriles is 1. The van der Waals surface area contributed by atoms with Gasteiger partial charge in [-0.2, -0.15) is 18.4 Å². The van der Waals surface area contributed by atoms with Crippen molar-refractivity contribution in [3.8, 4) is 6.07 Å².